The number of carbonyl (C=O) groups excluding carboxylic acids is 2. The number of urea groups is 1. The van der Waals surface area contributed by atoms with Crippen LogP contribution in [0.1, 0.15) is 18.7 Å². The van der Waals surface area contributed by atoms with E-state index in [0.29, 0.717) is 26.7 Å². The van der Waals surface area contributed by atoms with Crippen LogP contribution in [0.25, 0.3) is 0 Å². The number of furan rings is 1. The third-order valence-electron chi connectivity index (χ3n) is 3.74. The molecular formula is C18H16BrClN2O5. The molecule has 142 valence electrons. The van der Waals surface area contributed by atoms with Crippen LogP contribution >= 0.6 is 27.5 Å². The number of benzene rings is 1. The molecule has 1 unspecified atom stereocenters. The Kier molecular flexibility index (Phi) is 6.08. The van der Waals surface area contributed by atoms with E-state index in [-0.39, 0.29) is 18.8 Å². The molecule has 0 saturated heterocycles. The summed E-state index contributed by atoms with van der Waals surface area (Å²) >= 11 is 9.29. The van der Waals surface area contributed by atoms with Gasteiger partial charge in [-0.25, -0.2) is 9.59 Å². The maximum absolute atomic E-state index is 12.5. The van der Waals surface area contributed by atoms with Crippen molar-refractivity contribution in [3.63, 3.8) is 0 Å². The predicted octanol–water partition coefficient (Wildman–Crippen LogP) is 3.95. The molecule has 9 heteroatoms. The highest BCUT2D eigenvalue weighted by molar-refractivity contribution is 9.10. The molecule has 2 heterocycles. The standard InChI is InChI=1S/C18H16BrClN2O5/c1-2-25-17(23)15-12(9-27-13-6-5-10(20)8-11(13)19)21-18(24)22-16(15)14-4-3-7-26-14/h3-8,16H,2,9H2,1H3,(H2,21,22,24). The van der Waals surface area contributed by atoms with E-state index in [4.69, 9.17) is 25.5 Å². The van der Waals surface area contributed by atoms with Crippen LogP contribution in [0, 0.1) is 0 Å². The molecule has 1 aliphatic heterocycles. The van der Waals surface area contributed by atoms with Crippen LogP contribution in [-0.2, 0) is 9.53 Å². The van der Waals surface area contributed by atoms with Crippen molar-refractivity contribution in [1.82, 2.24) is 10.6 Å². The lowest BCUT2D eigenvalue weighted by Gasteiger charge is -2.27. The second-order valence-corrected chi connectivity index (χ2v) is 6.81. The van der Waals surface area contributed by atoms with Crippen molar-refractivity contribution < 1.29 is 23.5 Å². The normalized spacial score (nSPS) is 16.6. The molecule has 2 N–H and O–H groups in total. The van der Waals surface area contributed by atoms with Gasteiger partial charge in [0.2, 0.25) is 0 Å². The fourth-order valence-electron chi connectivity index (χ4n) is 2.59. The summed E-state index contributed by atoms with van der Waals surface area (Å²) in [5, 5.41) is 5.84. The Morgan fingerprint density at radius 3 is 2.85 bits per heavy atom. The van der Waals surface area contributed by atoms with E-state index in [9.17, 15) is 9.59 Å². The van der Waals surface area contributed by atoms with Crippen LogP contribution in [0.5, 0.6) is 5.75 Å². The molecule has 3 rings (SSSR count). The van der Waals surface area contributed by atoms with E-state index in [2.05, 4.69) is 26.6 Å². The summed E-state index contributed by atoms with van der Waals surface area (Å²) in [4.78, 5) is 24.6. The van der Waals surface area contributed by atoms with Crippen molar-refractivity contribution in [1.29, 1.82) is 0 Å². The molecule has 0 saturated carbocycles. The Balaban J connectivity index is 1.94. The van der Waals surface area contributed by atoms with E-state index >= 15 is 0 Å². The first-order valence-corrected chi connectivity index (χ1v) is 9.25. The second kappa shape index (κ2) is 8.49. The molecule has 27 heavy (non-hydrogen) atoms. The van der Waals surface area contributed by atoms with Crippen molar-refractivity contribution in [2.24, 2.45) is 0 Å². The minimum Gasteiger partial charge on any atom is -0.486 e. The zero-order chi connectivity index (χ0) is 19.4. The lowest BCUT2D eigenvalue weighted by atomic mass is 10.0. The minimum absolute atomic E-state index is 0.0565. The van der Waals surface area contributed by atoms with E-state index in [1.807, 2.05) is 0 Å². The fraction of sp³-hybridized carbons (Fsp3) is 0.222. The lowest BCUT2D eigenvalue weighted by molar-refractivity contribution is -0.139. The number of rotatable bonds is 6. The van der Waals surface area contributed by atoms with Gasteiger partial charge in [0.05, 0.1) is 28.6 Å². The average molecular weight is 456 g/mol. The summed E-state index contributed by atoms with van der Waals surface area (Å²) in [5.41, 5.74) is 0.511. The topological polar surface area (TPSA) is 89.8 Å². The smallest absolute Gasteiger partial charge is 0.338 e. The molecule has 1 aromatic heterocycles. The highest BCUT2D eigenvalue weighted by Gasteiger charge is 2.35. The van der Waals surface area contributed by atoms with Gasteiger partial charge in [-0.1, -0.05) is 11.6 Å². The molecule has 1 aliphatic rings. The molecule has 1 aromatic carbocycles. The number of ether oxygens (including phenoxy) is 2. The molecule has 0 aliphatic carbocycles. The maximum atomic E-state index is 12.5. The van der Waals surface area contributed by atoms with E-state index in [0.717, 1.165) is 0 Å². The first-order valence-electron chi connectivity index (χ1n) is 8.08. The fourth-order valence-corrected chi connectivity index (χ4v) is 3.39. The van der Waals surface area contributed by atoms with Gasteiger partial charge in [0.15, 0.2) is 0 Å². The Labute approximate surface area is 168 Å². The molecule has 1 atom stereocenters. The van der Waals surface area contributed by atoms with Gasteiger partial charge in [0.1, 0.15) is 24.2 Å². The van der Waals surface area contributed by atoms with E-state index in [1.165, 1.54) is 6.26 Å². The summed E-state index contributed by atoms with van der Waals surface area (Å²) in [5.74, 6) is 0.357. The summed E-state index contributed by atoms with van der Waals surface area (Å²) < 4.78 is 16.9. The molecule has 0 bridgehead atoms. The average Bonchev–Trinajstić information content (AvgIpc) is 3.15. The number of hydrogen-bond donors (Lipinski definition) is 2. The minimum atomic E-state index is -0.778. The second-order valence-electron chi connectivity index (χ2n) is 5.52. The molecule has 0 fully saturated rings. The van der Waals surface area contributed by atoms with Crippen LogP contribution < -0.4 is 15.4 Å². The number of carbonyl (C=O) groups is 2. The Hall–Kier alpha value is -2.45. The van der Waals surface area contributed by atoms with Crippen LogP contribution in [0.4, 0.5) is 4.79 Å². The van der Waals surface area contributed by atoms with Gasteiger partial charge < -0.3 is 24.5 Å². The Morgan fingerprint density at radius 2 is 2.19 bits per heavy atom. The van der Waals surface area contributed by atoms with E-state index < -0.39 is 18.0 Å². The number of amides is 2. The zero-order valence-corrected chi connectivity index (χ0v) is 16.6. The van der Waals surface area contributed by atoms with Crippen molar-refractivity contribution in [3.8, 4) is 5.75 Å². The van der Waals surface area contributed by atoms with Crippen LogP contribution in [0.3, 0.4) is 0 Å². The quantitative estimate of drug-likeness (QED) is 0.644. The third-order valence-corrected chi connectivity index (χ3v) is 4.60. The molecule has 0 spiro atoms. The zero-order valence-electron chi connectivity index (χ0n) is 14.3. The van der Waals surface area contributed by atoms with Gasteiger partial charge in [-0.3, -0.25) is 0 Å². The lowest BCUT2D eigenvalue weighted by Crippen LogP contribution is -2.47. The summed E-state index contributed by atoms with van der Waals surface area (Å²) in [6.45, 7) is 1.84. The van der Waals surface area contributed by atoms with Crippen molar-refractivity contribution in [3.05, 3.63) is 63.1 Å². The van der Waals surface area contributed by atoms with Gasteiger partial charge in [-0.05, 0) is 53.2 Å². The van der Waals surface area contributed by atoms with Gasteiger partial charge in [0.25, 0.3) is 0 Å². The first-order chi connectivity index (χ1) is 13.0. The Morgan fingerprint density at radius 1 is 1.37 bits per heavy atom. The molecule has 0 radical (unpaired) electrons. The third kappa shape index (κ3) is 4.45. The highest BCUT2D eigenvalue weighted by atomic mass is 79.9. The van der Waals surface area contributed by atoms with Gasteiger partial charge >= 0.3 is 12.0 Å². The summed E-state index contributed by atoms with van der Waals surface area (Å²) in [6.07, 6.45) is 1.47. The number of esters is 1. The van der Waals surface area contributed by atoms with Crippen LogP contribution in [0.2, 0.25) is 5.02 Å². The SMILES string of the molecule is CCOC(=O)C1=C(COc2ccc(Cl)cc2Br)NC(=O)NC1c1ccco1. The van der Waals surface area contributed by atoms with Crippen LogP contribution in [0.15, 0.2) is 56.8 Å². The maximum Gasteiger partial charge on any atom is 0.338 e. The van der Waals surface area contributed by atoms with Gasteiger partial charge in [0, 0.05) is 5.02 Å². The molecular weight excluding hydrogens is 440 g/mol. The highest BCUT2D eigenvalue weighted by Crippen LogP contribution is 2.31. The molecule has 2 aromatic rings. The number of halogens is 2. The van der Waals surface area contributed by atoms with Crippen molar-refractivity contribution in [2.75, 3.05) is 13.2 Å². The monoisotopic (exact) mass is 454 g/mol. The number of nitrogens with one attached hydrogen (secondary N) is 2. The summed E-state index contributed by atoms with van der Waals surface area (Å²) in [7, 11) is 0. The largest absolute Gasteiger partial charge is 0.486 e. The van der Waals surface area contributed by atoms with Crippen molar-refractivity contribution in [2.45, 2.75) is 13.0 Å². The molecule has 2 amide bonds. The van der Waals surface area contributed by atoms with Crippen molar-refractivity contribution >= 4 is 39.5 Å². The van der Waals surface area contributed by atoms with Crippen LogP contribution in [-0.4, -0.2) is 25.2 Å². The predicted molar refractivity (Wildman–Crippen MR) is 101 cm³/mol. The van der Waals surface area contributed by atoms with Gasteiger partial charge in [-0.2, -0.15) is 0 Å². The van der Waals surface area contributed by atoms with E-state index in [1.54, 1.807) is 37.3 Å². The Bertz CT molecular complexity index is 882. The van der Waals surface area contributed by atoms with Gasteiger partial charge in [-0.15, -0.1) is 0 Å². The molecule has 7 nitrogen and oxygen atoms in total. The first kappa shape index (κ1) is 19.3. The number of hydrogen-bond acceptors (Lipinski definition) is 5. The summed E-state index contributed by atoms with van der Waals surface area (Å²) in [6, 6.07) is 7.14.